The number of carbonyl (C=O) groups is 2. The summed E-state index contributed by atoms with van der Waals surface area (Å²) >= 11 is 0. The molecule has 0 unspecified atom stereocenters. The Morgan fingerprint density at radius 3 is 2.55 bits per heavy atom. The number of hydrogen-bond acceptors (Lipinski definition) is 2. The third kappa shape index (κ3) is 1.29. The highest BCUT2D eigenvalue weighted by Gasteiger charge is 2.07. The molecule has 1 heterocycles. The van der Waals surface area contributed by atoms with E-state index < -0.39 is 6.03 Å². The fourth-order valence-corrected chi connectivity index (χ4v) is 0.860. The van der Waals surface area contributed by atoms with Crippen LogP contribution >= 0.6 is 0 Å². The van der Waals surface area contributed by atoms with E-state index in [1.54, 1.807) is 12.1 Å². The lowest BCUT2D eigenvalue weighted by molar-refractivity contribution is 0.101. The summed E-state index contributed by atoms with van der Waals surface area (Å²) < 4.78 is 1.11. The molecule has 0 aliphatic heterocycles. The zero-order valence-corrected chi connectivity index (χ0v) is 6.07. The van der Waals surface area contributed by atoms with Crippen molar-refractivity contribution >= 4 is 11.8 Å². The van der Waals surface area contributed by atoms with Crippen LogP contribution in [0.3, 0.4) is 0 Å². The molecule has 1 rings (SSSR count). The van der Waals surface area contributed by atoms with Gasteiger partial charge in [-0.3, -0.25) is 9.36 Å². The molecular weight excluding hydrogens is 144 g/mol. The highest BCUT2D eigenvalue weighted by Crippen LogP contribution is 2.01. The lowest BCUT2D eigenvalue weighted by Gasteiger charge is -1.98. The number of Topliss-reactive ketones (excluding diaryl/α,β-unsaturated/α-hetero) is 1. The molecule has 4 nitrogen and oxygen atoms in total. The molecule has 4 heteroatoms. The third-order valence-electron chi connectivity index (χ3n) is 1.35. The number of nitrogens with two attached hydrogens (primary N) is 1. The van der Waals surface area contributed by atoms with Crippen molar-refractivity contribution in [2.45, 2.75) is 6.92 Å². The van der Waals surface area contributed by atoms with Gasteiger partial charge in [0.15, 0.2) is 5.78 Å². The Labute approximate surface area is 63.6 Å². The van der Waals surface area contributed by atoms with Crippen molar-refractivity contribution in [2.75, 3.05) is 0 Å². The first-order chi connectivity index (χ1) is 5.13. The number of hydrogen-bond donors (Lipinski definition) is 1. The van der Waals surface area contributed by atoms with Crippen molar-refractivity contribution in [2.24, 2.45) is 5.73 Å². The van der Waals surface area contributed by atoms with Gasteiger partial charge in [0.05, 0.1) is 5.69 Å². The Morgan fingerprint density at radius 1 is 1.55 bits per heavy atom. The molecule has 0 fully saturated rings. The smallest absolute Gasteiger partial charge is 0.323 e. The van der Waals surface area contributed by atoms with E-state index in [-0.39, 0.29) is 5.78 Å². The van der Waals surface area contributed by atoms with Crippen molar-refractivity contribution in [3.05, 3.63) is 24.0 Å². The highest BCUT2D eigenvalue weighted by molar-refractivity contribution is 5.96. The molecule has 0 aliphatic rings. The molecule has 11 heavy (non-hydrogen) atoms. The van der Waals surface area contributed by atoms with Crippen molar-refractivity contribution in [3.8, 4) is 0 Å². The van der Waals surface area contributed by atoms with Gasteiger partial charge in [0.25, 0.3) is 0 Å². The van der Waals surface area contributed by atoms with Crippen molar-refractivity contribution in [1.29, 1.82) is 0 Å². The Morgan fingerprint density at radius 2 is 2.18 bits per heavy atom. The van der Waals surface area contributed by atoms with Crippen molar-refractivity contribution in [1.82, 2.24) is 4.57 Å². The second-order valence-electron chi connectivity index (χ2n) is 2.16. The molecule has 0 saturated heterocycles. The van der Waals surface area contributed by atoms with Crippen LogP contribution in [0.2, 0.25) is 0 Å². The van der Waals surface area contributed by atoms with Gasteiger partial charge in [0.2, 0.25) is 0 Å². The van der Waals surface area contributed by atoms with E-state index in [4.69, 9.17) is 5.73 Å². The zero-order valence-electron chi connectivity index (χ0n) is 6.07. The third-order valence-corrected chi connectivity index (χ3v) is 1.35. The topological polar surface area (TPSA) is 65.1 Å². The lowest BCUT2D eigenvalue weighted by atomic mass is 10.3. The summed E-state index contributed by atoms with van der Waals surface area (Å²) in [5.74, 6) is -0.172. The number of ketones is 1. The Hall–Kier alpha value is -1.58. The first-order valence-electron chi connectivity index (χ1n) is 3.11. The molecule has 1 aromatic rings. The minimum absolute atomic E-state index is 0.172. The van der Waals surface area contributed by atoms with Gasteiger partial charge in [-0.15, -0.1) is 0 Å². The molecule has 0 aliphatic carbocycles. The van der Waals surface area contributed by atoms with Gasteiger partial charge in [0, 0.05) is 13.1 Å². The molecule has 0 aromatic carbocycles. The molecular formula is C7H8N2O2. The SMILES string of the molecule is CC(=O)c1cccn1C(N)=O. The second kappa shape index (κ2) is 2.57. The molecule has 0 radical (unpaired) electrons. The largest absolute Gasteiger partial charge is 0.351 e. The second-order valence-corrected chi connectivity index (χ2v) is 2.16. The summed E-state index contributed by atoms with van der Waals surface area (Å²) in [5.41, 5.74) is 5.29. The minimum atomic E-state index is -0.639. The average Bonchev–Trinajstić information content (AvgIpc) is 2.32. The maximum absolute atomic E-state index is 10.8. The lowest BCUT2D eigenvalue weighted by Crippen LogP contribution is -2.21. The molecule has 1 aromatic heterocycles. The van der Waals surface area contributed by atoms with Crippen LogP contribution in [0, 0.1) is 0 Å². The molecule has 0 saturated carbocycles. The van der Waals surface area contributed by atoms with Crippen LogP contribution in [0.4, 0.5) is 4.79 Å². The Bertz CT molecular complexity index is 273. The van der Waals surface area contributed by atoms with E-state index in [0.29, 0.717) is 5.69 Å². The maximum atomic E-state index is 10.8. The van der Waals surface area contributed by atoms with Crippen molar-refractivity contribution in [3.63, 3.8) is 0 Å². The van der Waals surface area contributed by atoms with E-state index in [0.717, 1.165) is 4.57 Å². The first kappa shape index (κ1) is 7.53. The summed E-state index contributed by atoms with van der Waals surface area (Å²) in [4.78, 5) is 21.4. The zero-order chi connectivity index (χ0) is 8.43. The number of aromatic nitrogens is 1. The van der Waals surface area contributed by atoms with Gasteiger partial charge < -0.3 is 5.73 Å². The average molecular weight is 152 g/mol. The maximum Gasteiger partial charge on any atom is 0.323 e. The van der Waals surface area contributed by atoms with Crippen molar-refractivity contribution < 1.29 is 9.59 Å². The van der Waals surface area contributed by atoms with Crippen LogP contribution in [0.25, 0.3) is 0 Å². The van der Waals surface area contributed by atoms with Crippen LogP contribution in [0.5, 0.6) is 0 Å². The number of nitrogens with zero attached hydrogens (tertiary/aromatic N) is 1. The fourth-order valence-electron chi connectivity index (χ4n) is 0.860. The number of rotatable bonds is 1. The van der Waals surface area contributed by atoms with Crippen LogP contribution in [-0.4, -0.2) is 16.4 Å². The van der Waals surface area contributed by atoms with Crippen LogP contribution in [-0.2, 0) is 0 Å². The van der Waals surface area contributed by atoms with Gasteiger partial charge in [0.1, 0.15) is 0 Å². The van der Waals surface area contributed by atoms with E-state index in [2.05, 4.69) is 0 Å². The van der Waals surface area contributed by atoms with Crippen LogP contribution < -0.4 is 5.73 Å². The molecule has 0 atom stereocenters. The molecule has 0 spiro atoms. The van der Waals surface area contributed by atoms with Gasteiger partial charge in [-0.2, -0.15) is 0 Å². The van der Waals surface area contributed by atoms with Gasteiger partial charge >= 0.3 is 6.03 Å². The van der Waals surface area contributed by atoms with Gasteiger partial charge in [-0.1, -0.05) is 0 Å². The highest BCUT2D eigenvalue weighted by atomic mass is 16.2. The molecule has 1 amide bonds. The minimum Gasteiger partial charge on any atom is -0.351 e. The summed E-state index contributed by atoms with van der Waals surface area (Å²) in [6.45, 7) is 1.38. The predicted octanol–water partition coefficient (Wildman–Crippen LogP) is 0.618. The quantitative estimate of drug-likeness (QED) is 0.599. The van der Waals surface area contributed by atoms with Crippen LogP contribution in [0.1, 0.15) is 17.4 Å². The van der Waals surface area contributed by atoms with E-state index in [9.17, 15) is 9.59 Å². The molecule has 0 bridgehead atoms. The normalized spacial score (nSPS) is 9.55. The summed E-state index contributed by atoms with van der Waals surface area (Å²) in [6.07, 6.45) is 1.46. The first-order valence-corrected chi connectivity index (χ1v) is 3.11. The summed E-state index contributed by atoms with van der Waals surface area (Å²) in [6, 6.07) is 2.51. The Kier molecular flexibility index (Phi) is 1.76. The van der Waals surface area contributed by atoms with E-state index in [1.165, 1.54) is 13.1 Å². The van der Waals surface area contributed by atoms with E-state index >= 15 is 0 Å². The van der Waals surface area contributed by atoms with Gasteiger partial charge in [-0.05, 0) is 12.1 Å². The number of carbonyl (C=O) groups excluding carboxylic acids is 2. The summed E-state index contributed by atoms with van der Waals surface area (Å²) in [5, 5.41) is 0. The molecule has 58 valence electrons. The summed E-state index contributed by atoms with van der Waals surface area (Å²) in [7, 11) is 0. The van der Waals surface area contributed by atoms with Crippen LogP contribution in [0.15, 0.2) is 18.3 Å². The van der Waals surface area contributed by atoms with E-state index in [1.807, 2.05) is 0 Å². The fraction of sp³-hybridized carbons (Fsp3) is 0.143. The number of primary amides is 1. The predicted molar refractivity (Wildman–Crippen MR) is 39.4 cm³/mol. The molecule has 2 N–H and O–H groups in total. The van der Waals surface area contributed by atoms with Gasteiger partial charge in [-0.25, -0.2) is 4.79 Å². The monoisotopic (exact) mass is 152 g/mol. The Balaban J connectivity index is 3.16. The number of amides is 1. The standard InChI is InChI=1S/C7H8N2O2/c1-5(10)6-3-2-4-9(6)7(8)11/h2-4H,1H3,(H2,8,11).